The van der Waals surface area contributed by atoms with Crippen molar-refractivity contribution in [3.05, 3.63) is 114 Å². The number of hydrogen-bond donors (Lipinski definition) is 0. The van der Waals surface area contributed by atoms with E-state index in [2.05, 4.69) is 122 Å². The van der Waals surface area contributed by atoms with Crippen molar-refractivity contribution in [2.75, 3.05) is 0 Å². The fourth-order valence-corrected chi connectivity index (χ4v) is 7.93. The SMILES string of the molecule is CC1(C)c2ccccc2-c2c1c1sc3ccccc3c1c1c2c2ccccc2n1-c1ccccc1. The lowest BCUT2D eigenvalue weighted by molar-refractivity contribution is 0.667. The van der Waals surface area contributed by atoms with Crippen LogP contribution in [0.5, 0.6) is 0 Å². The van der Waals surface area contributed by atoms with Gasteiger partial charge in [-0.15, -0.1) is 11.3 Å². The molecular formula is C33H23NS. The summed E-state index contributed by atoms with van der Waals surface area (Å²) in [4.78, 5) is 0. The summed E-state index contributed by atoms with van der Waals surface area (Å²) >= 11 is 1.96. The van der Waals surface area contributed by atoms with Crippen LogP contribution in [0, 0.1) is 0 Å². The molecule has 8 rings (SSSR count). The Kier molecular flexibility index (Phi) is 3.67. The zero-order chi connectivity index (χ0) is 23.3. The molecule has 2 heteroatoms. The lowest BCUT2D eigenvalue weighted by Gasteiger charge is -2.22. The molecule has 1 aliphatic carbocycles. The Balaban J connectivity index is 1.76. The molecule has 0 spiro atoms. The highest BCUT2D eigenvalue weighted by Crippen LogP contribution is 2.58. The van der Waals surface area contributed by atoms with Crippen LogP contribution in [0.25, 0.3) is 58.8 Å². The molecular weight excluding hydrogens is 442 g/mol. The van der Waals surface area contributed by atoms with E-state index in [4.69, 9.17) is 0 Å². The molecule has 2 aromatic heterocycles. The second-order valence-corrected chi connectivity index (χ2v) is 11.2. The average molecular weight is 466 g/mol. The molecule has 0 atom stereocenters. The first-order valence-electron chi connectivity index (χ1n) is 12.2. The monoisotopic (exact) mass is 465 g/mol. The van der Waals surface area contributed by atoms with Crippen LogP contribution in [0.1, 0.15) is 25.0 Å². The summed E-state index contributed by atoms with van der Waals surface area (Å²) in [6.07, 6.45) is 0. The van der Waals surface area contributed by atoms with Crippen molar-refractivity contribution in [2.45, 2.75) is 19.3 Å². The van der Waals surface area contributed by atoms with Crippen LogP contribution in [0.3, 0.4) is 0 Å². The molecule has 0 amide bonds. The molecule has 35 heavy (non-hydrogen) atoms. The van der Waals surface area contributed by atoms with Crippen LogP contribution in [-0.4, -0.2) is 4.57 Å². The number of nitrogens with zero attached hydrogens (tertiary/aromatic N) is 1. The number of aromatic nitrogens is 1. The predicted molar refractivity (Wildman–Crippen MR) is 151 cm³/mol. The van der Waals surface area contributed by atoms with Gasteiger partial charge in [0, 0.05) is 42.0 Å². The summed E-state index contributed by atoms with van der Waals surface area (Å²) in [6, 6.07) is 37.8. The standard InChI is InChI=1S/C33H23NS/c1-33(2)24-17-9-6-14-21(24)27-28-22-15-7-10-18-25(22)34(20-12-4-3-5-13-20)31(28)29-23-16-8-11-19-26(23)35-32(29)30(27)33/h3-19H,1-2H3. The van der Waals surface area contributed by atoms with E-state index in [1.165, 1.54) is 69.9 Å². The quantitative estimate of drug-likeness (QED) is 0.227. The molecule has 0 saturated heterocycles. The average Bonchev–Trinajstić information content (AvgIpc) is 3.51. The normalized spacial score (nSPS) is 14.2. The first-order valence-corrected chi connectivity index (χ1v) is 13.0. The molecule has 1 nitrogen and oxygen atoms in total. The maximum Gasteiger partial charge on any atom is 0.0640 e. The summed E-state index contributed by atoms with van der Waals surface area (Å²) < 4.78 is 5.28. The van der Waals surface area contributed by atoms with Gasteiger partial charge in [-0.3, -0.25) is 0 Å². The first kappa shape index (κ1) is 19.4. The van der Waals surface area contributed by atoms with Gasteiger partial charge in [-0.2, -0.15) is 0 Å². The van der Waals surface area contributed by atoms with Crippen LogP contribution >= 0.6 is 11.3 Å². The Labute approximate surface area is 207 Å². The van der Waals surface area contributed by atoms with Gasteiger partial charge in [-0.1, -0.05) is 92.7 Å². The zero-order valence-corrected chi connectivity index (χ0v) is 20.5. The smallest absolute Gasteiger partial charge is 0.0640 e. The van der Waals surface area contributed by atoms with Crippen LogP contribution < -0.4 is 0 Å². The molecule has 0 aliphatic heterocycles. The van der Waals surface area contributed by atoms with Gasteiger partial charge in [0.1, 0.15) is 0 Å². The molecule has 2 heterocycles. The van der Waals surface area contributed by atoms with Gasteiger partial charge >= 0.3 is 0 Å². The summed E-state index contributed by atoms with van der Waals surface area (Å²) in [5.41, 5.74) is 9.46. The van der Waals surface area contributed by atoms with Crippen molar-refractivity contribution in [3.8, 4) is 16.8 Å². The maximum absolute atomic E-state index is 2.50. The minimum Gasteiger partial charge on any atom is -0.309 e. The van der Waals surface area contributed by atoms with Crippen molar-refractivity contribution in [2.24, 2.45) is 0 Å². The van der Waals surface area contributed by atoms with Gasteiger partial charge in [0.2, 0.25) is 0 Å². The molecule has 5 aromatic carbocycles. The summed E-state index contributed by atoms with van der Waals surface area (Å²) in [5.74, 6) is 0. The van der Waals surface area contributed by atoms with Gasteiger partial charge < -0.3 is 4.57 Å². The van der Waals surface area contributed by atoms with Crippen LogP contribution in [0.15, 0.2) is 103 Å². The molecule has 0 N–H and O–H groups in total. The Morgan fingerprint density at radius 2 is 1.34 bits per heavy atom. The third kappa shape index (κ3) is 2.33. The topological polar surface area (TPSA) is 4.93 Å². The lowest BCUT2D eigenvalue weighted by Crippen LogP contribution is -2.15. The van der Waals surface area contributed by atoms with Crippen molar-refractivity contribution in [1.29, 1.82) is 0 Å². The number of benzene rings is 5. The largest absolute Gasteiger partial charge is 0.309 e. The van der Waals surface area contributed by atoms with E-state index in [0.29, 0.717) is 0 Å². The van der Waals surface area contributed by atoms with E-state index in [1.54, 1.807) is 0 Å². The van der Waals surface area contributed by atoms with E-state index < -0.39 is 0 Å². The van der Waals surface area contributed by atoms with Crippen molar-refractivity contribution < 1.29 is 0 Å². The number of fused-ring (bicyclic) bond motifs is 12. The van der Waals surface area contributed by atoms with Gasteiger partial charge in [0.25, 0.3) is 0 Å². The fraction of sp³-hybridized carbons (Fsp3) is 0.0909. The molecule has 0 radical (unpaired) electrons. The molecule has 1 aliphatic rings. The van der Waals surface area contributed by atoms with Crippen LogP contribution in [-0.2, 0) is 5.41 Å². The Bertz CT molecular complexity index is 1970. The maximum atomic E-state index is 2.50. The van der Waals surface area contributed by atoms with Crippen LogP contribution in [0.2, 0.25) is 0 Å². The van der Waals surface area contributed by atoms with E-state index in [1.807, 2.05) is 11.3 Å². The second kappa shape index (κ2) is 6.62. The molecule has 0 fully saturated rings. The van der Waals surface area contributed by atoms with E-state index in [0.717, 1.165) is 0 Å². The third-order valence-electron chi connectivity index (χ3n) is 7.94. The number of para-hydroxylation sites is 2. The number of rotatable bonds is 1. The zero-order valence-electron chi connectivity index (χ0n) is 19.7. The van der Waals surface area contributed by atoms with Gasteiger partial charge in [0.15, 0.2) is 0 Å². The molecule has 0 saturated carbocycles. The minimum absolute atomic E-state index is 0.0603. The highest BCUT2D eigenvalue weighted by atomic mass is 32.1. The highest BCUT2D eigenvalue weighted by Gasteiger charge is 2.40. The Morgan fingerprint density at radius 3 is 2.20 bits per heavy atom. The fourth-order valence-electron chi connectivity index (χ4n) is 6.52. The molecule has 7 aromatic rings. The van der Waals surface area contributed by atoms with Crippen molar-refractivity contribution >= 4 is 53.3 Å². The Hall–Kier alpha value is -3.88. The number of hydrogen-bond acceptors (Lipinski definition) is 1. The van der Waals surface area contributed by atoms with Crippen molar-refractivity contribution in [1.82, 2.24) is 4.57 Å². The van der Waals surface area contributed by atoms with E-state index >= 15 is 0 Å². The Morgan fingerprint density at radius 1 is 0.657 bits per heavy atom. The summed E-state index contributed by atoms with van der Waals surface area (Å²) in [6.45, 7) is 4.81. The second-order valence-electron chi connectivity index (χ2n) is 10.1. The van der Waals surface area contributed by atoms with Crippen molar-refractivity contribution in [3.63, 3.8) is 0 Å². The minimum atomic E-state index is -0.0603. The van der Waals surface area contributed by atoms with Gasteiger partial charge in [-0.25, -0.2) is 0 Å². The first-order chi connectivity index (χ1) is 17.2. The summed E-state index contributed by atoms with van der Waals surface area (Å²) in [5, 5.41) is 5.45. The third-order valence-corrected chi connectivity index (χ3v) is 9.13. The van der Waals surface area contributed by atoms with E-state index in [9.17, 15) is 0 Å². The summed E-state index contributed by atoms with van der Waals surface area (Å²) in [7, 11) is 0. The highest BCUT2D eigenvalue weighted by molar-refractivity contribution is 7.26. The number of thiophene rings is 1. The van der Waals surface area contributed by atoms with E-state index in [-0.39, 0.29) is 5.41 Å². The van der Waals surface area contributed by atoms with Gasteiger partial charge in [0.05, 0.1) is 11.0 Å². The molecule has 166 valence electrons. The molecule has 0 bridgehead atoms. The van der Waals surface area contributed by atoms with Crippen LogP contribution in [0.4, 0.5) is 0 Å². The molecule has 0 unspecified atom stereocenters. The lowest BCUT2D eigenvalue weighted by atomic mass is 9.81. The predicted octanol–water partition coefficient (Wildman–Crippen LogP) is 9.46. The van der Waals surface area contributed by atoms with Gasteiger partial charge in [-0.05, 0) is 46.5 Å².